The van der Waals surface area contributed by atoms with E-state index < -0.39 is 5.41 Å². The maximum Gasteiger partial charge on any atom is 0.156 e. The highest BCUT2D eigenvalue weighted by atomic mass is 32.1. The maximum absolute atomic E-state index is 7.29. The highest BCUT2D eigenvalue weighted by Gasteiger charge is 2.51. The van der Waals surface area contributed by atoms with Gasteiger partial charge in [0, 0.05) is 54.6 Å². The van der Waals surface area contributed by atoms with E-state index in [1.165, 1.54) is 42.4 Å². The van der Waals surface area contributed by atoms with Crippen molar-refractivity contribution in [2.45, 2.75) is 5.41 Å². The molecule has 0 N–H and O–H groups in total. The number of rotatable bonds is 6. The van der Waals surface area contributed by atoms with Gasteiger partial charge >= 0.3 is 0 Å². The second kappa shape index (κ2) is 13.3. The highest BCUT2D eigenvalue weighted by molar-refractivity contribution is 7.26. The van der Waals surface area contributed by atoms with Crippen LogP contribution < -0.4 is 14.5 Å². The van der Waals surface area contributed by atoms with Gasteiger partial charge in [-0.3, -0.25) is 4.98 Å². The lowest BCUT2D eigenvalue weighted by atomic mass is 9.66. The SMILES string of the molecule is c1ccc(N(c2cccnc2)c2cccc(N(c3cccc4c3Oc3ccccc3C43c4ccccc4-c4ccccc43)c3cccc4sc5ccccc5c34)c2)cc1. The van der Waals surface area contributed by atoms with Crippen LogP contribution in [0.25, 0.3) is 31.3 Å². The summed E-state index contributed by atoms with van der Waals surface area (Å²) in [6.45, 7) is 0. The third kappa shape index (κ3) is 4.98. The number of aromatic nitrogens is 1. The summed E-state index contributed by atoms with van der Waals surface area (Å²) in [6, 6.07) is 72.0. The molecule has 5 heteroatoms. The van der Waals surface area contributed by atoms with Crippen LogP contribution in [0.4, 0.5) is 34.1 Å². The van der Waals surface area contributed by atoms with Gasteiger partial charge in [-0.2, -0.15) is 0 Å². The molecule has 0 saturated carbocycles. The molecule has 0 bridgehead atoms. The standard InChI is InChI=1S/C54H35N3OS/c1-2-16-36(17-3-1)56(39-20-15-33-55-35-39)37-18-12-19-38(34-37)57(47-28-14-32-51-52(47)42-23-6-11-31-50(42)59-51)48-29-13-27-46-53(48)58-49-30-10-9-26-45(49)54(46)43-24-7-4-21-40(43)41-22-5-8-25-44(41)54/h1-35H. The zero-order valence-corrected chi connectivity index (χ0v) is 32.7. The number of thiophene rings is 1. The van der Waals surface area contributed by atoms with Crippen molar-refractivity contribution in [3.63, 3.8) is 0 Å². The second-order valence-electron chi connectivity index (χ2n) is 15.1. The summed E-state index contributed by atoms with van der Waals surface area (Å²) < 4.78 is 9.78. The fourth-order valence-electron chi connectivity index (χ4n) is 9.67. The maximum atomic E-state index is 7.29. The monoisotopic (exact) mass is 773 g/mol. The molecule has 0 unspecified atom stereocenters. The minimum atomic E-state index is -0.591. The number of pyridine rings is 1. The van der Waals surface area contributed by atoms with E-state index in [9.17, 15) is 0 Å². The summed E-state index contributed by atoms with van der Waals surface area (Å²) in [4.78, 5) is 9.22. The van der Waals surface area contributed by atoms with Crippen molar-refractivity contribution in [2.75, 3.05) is 9.80 Å². The van der Waals surface area contributed by atoms with Crippen LogP contribution in [0.2, 0.25) is 0 Å². The lowest BCUT2D eigenvalue weighted by molar-refractivity contribution is 0.437. The molecule has 12 rings (SSSR count). The Morgan fingerprint density at radius 2 is 1.03 bits per heavy atom. The topological polar surface area (TPSA) is 28.6 Å². The molecule has 0 fully saturated rings. The number of hydrogen-bond donors (Lipinski definition) is 0. The van der Waals surface area contributed by atoms with Gasteiger partial charge < -0.3 is 14.5 Å². The average molecular weight is 774 g/mol. The fourth-order valence-corrected chi connectivity index (χ4v) is 10.8. The summed E-state index contributed by atoms with van der Waals surface area (Å²) in [5.41, 5.74) is 12.8. The highest BCUT2D eigenvalue weighted by Crippen LogP contribution is 2.64. The largest absolute Gasteiger partial charge is 0.454 e. The molecular weight excluding hydrogens is 739 g/mol. The van der Waals surface area contributed by atoms with Gasteiger partial charge in [-0.05, 0) is 95.1 Å². The first-order valence-corrected chi connectivity index (χ1v) is 20.8. The molecule has 8 aromatic carbocycles. The van der Waals surface area contributed by atoms with E-state index in [0.717, 1.165) is 56.8 Å². The van der Waals surface area contributed by atoms with Gasteiger partial charge in [0.2, 0.25) is 0 Å². The van der Waals surface area contributed by atoms with Gasteiger partial charge in [-0.1, -0.05) is 127 Å². The van der Waals surface area contributed by atoms with E-state index >= 15 is 0 Å². The van der Waals surface area contributed by atoms with E-state index in [0.29, 0.717) is 0 Å². The first-order valence-electron chi connectivity index (χ1n) is 19.9. The third-order valence-corrected chi connectivity index (χ3v) is 13.1. The number of ether oxygens (including phenoxy) is 1. The lowest BCUT2D eigenvalue weighted by Crippen LogP contribution is -2.32. The van der Waals surface area contributed by atoms with E-state index in [2.05, 4.69) is 209 Å². The average Bonchev–Trinajstić information content (AvgIpc) is 3.83. The fraction of sp³-hybridized carbons (Fsp3) is 0.0185. The van der Waals surface area contributed by atoms with E-state index in [1.54, 1.807) is 0 Å². The van der Waals surface area contributed by atoms with Crippen LogP contribution in [0, 0.1) is 0 Å². The van der Waals surface area contributed by atoms with Gasteiger partial charge in [0.1, 0.15) is 5.75 Å². The molecule has 0 radical (unpaired) electrons. The minimum Gasteiger partial charge on any atom is -0.454 e. The van der Waals surface area contributed by atoms with Crippen molar-refractivity contribution in [1.29, 1.82) is 0 Å². The number of anilines is 6. The van der Waals surface area contributed by atoms with Crippen LogP contribution in [-0.2, 0) is 5.41 Å². The van der Waals surface area contributed by atoms with Gasteiger partial charge in [-0.15, -0.1) is 11.3 Å². The van der Waals surface area contributed by atoms with Crippen molar-refractivity contribution in [2.24, 2.45) is 0 Å². The number of nitrogens with zero attached hydrogens (tertiary/aromatic N) is 3. The molecule has 10 aromatic rings. The summed E-state index contributed by atoms with van der Waals surface area (Å²) >= 11 is 1.83. The predicted octanol–water partition coefficient (Wildman–Crippen LogP) is 14.9. The first-order chi connectivity index (χ1) is 29.3. The normalized spacial score (nSPS) is 13.0. The number of benzene rings is 8. The minimum absolute atomic E-state index is 0.591. The van der Waals surface area contributed by atoms with Crippen molar-refractivity contribution in [1.82, 2.24) is 4.98 Å². The zero-order valence-electron chi connectivity index (χ0n) is 31.9. The Labute approximate surface area is 346 Å². The Bertz CT molecular complexity index is 3150. The van der Waals surface area contributed by atoms with Crippen molar-refractivity contribution >= 4 is 65.6 Å². The molecule has 0 atom stereocenters. The predicted molar refractivity (Wildman–Crippen MR) is 244 cm³/mol. The van der Waals surface area contributed by atoms with E-state index in [4.69, 9.17) is 4.74 Å². The molecule has 2 aliphatic rings. The third-order valence-electron chi connectivity index (χ3n) is 12.0. The summed E-state index contributed by atoms with van der Waals surface area (Å²) in [7, 11) is 0. The molecule has 1 aliphatic heterocycles. The van der Waals surface area contributed by atoms with Gasteiger partial charge in [0.15, 0.2) is 5.75 Å². The molecule has 0 amide bonds. The Balaban J connectivity index is 1.16. The molecule has 278 valence electrons. The first kappa shape index (κ1) is 33.6. The molecule has 2 aromatic heterocycles. The van der Waals surface area contributed by atoms with Crippen LogP contribution in [0.5, 0.6) is 11.5 Å². The van der Waals surface area contributed by atoms with Crippen LogP contribution in [-0.4, -0.2) is 4.98 Å². The number of hydrogen-bond acceptors (Lipinski definition) is 5. The lowest BCUT2D eigenvalue weighted by Gasteiger charge is -2.41. The van der Waals surface area contributed by atoms with Crippen LogP contribution in [0.1, 0.15) is 22.3 Å². The van der Waals surface area contributed by atoms with Crippen molar-refractivity contribution in [3.05, 3.63) is 235 Å². The van der Waals surface area contributed by atoms with E-state index in [1.807, 2.05) is 29.8 Å². The Kier molecular flexibility index (Phi) is 7.59. The van der Waals surface area contributed by atoms with Crippen LogP contribution >= 0.6 is 11.3 Å². The van der Waals surface area contributed by atoms with E-state index in [-0.39, 0.29) is 0 Å². The van der Waals surface area contributed by atoms with Gasteiger partial charge in [-0.25, -0.2) is 0 Å². The Morgan fingerprint density at radius 3 is 1.83 bits per heavy atom. The molecular formula is C54H35N3OS. The molecule has 1 spiro atoms. The Hall–Kier alpha value is -7.47. The smallest absolute Gasteiger partial charge is 0.156 e. The molecule has 59 heavy (non-hydrogen) atoms. The number of para-hydroxylation sites is 3. The quantitative estimate of drug-likeness (QED) is 0.168. The number of fused-ring (bicyclic) bond motifs is 12. The Morgan fingerprint density at radius 1 is 0.441 bits per heavy atom. The second-order valence-corrected chi connectivity index (χ2v) is 16.2. The van der Waals surface area contributed by atoms with Crippen LogP contribution in [0.3, 0.4) is 0 Å². The zero-order chi connectivity index (χ0) is 38.9. The summed E-state index contributed by atoms with van der Waals surface area (Å²) in [5.74, 6) is 1.70. The van der Waals surface area contributed by atoms with Crippen LogP contribution in [0.15, 0.2) is 213 Å². The molecule has 0 saturated heterocycles. The van der Waals surface area contributed by atoms with Gasteiger partial charge in [0.25, 0.3) is 0 Å². The molecule has 1 aliphatic carbocycles. The molecule has 3 heterocycles. The summed E-state index contributed by atoms with van der Waals surface area (Å²) in [5, 5.41) is 2.45. The van der Waals surface area contributed by atoms with Crippen molar-refractivity contribution in [3.8, 4) is 22.6 Å². The molecule has 4 nitrogen and oxygen atoms in total. The van der Waals surface area contributed by atoms with Gasteiger partial charge in [0.05, 0.1) is 28.7 Å². The summed E-state index contributed by atoms with van der Waals surface area (Å²) in [6.07, 6.45) is 3.74. The van der Waals surface area contributed by atoms with Crippen molar-refractivity contribution < 1.29 is 4.74 Å².